The first kappa shape index (κ1) is 35.2. The second-order valence-corrected chi connectivity index (χ2v) is 14.5. The van der Waals surface area contributed by atoms with Gasteiger partial charge in [-0.15, -0.1) is 0 Å². The summed E-state index contributed by atoms with van der Waals surface area (Å²) in [7, 11) is -2.87. The van der Waals surface area contributed by atoms with Crippen LogP contribution in [0.4, 0.5) is 10.1 Å². The third kappa shape index (κ3) is 9.19. The Morgan fingerprint density at radius 3 is 2.06 bits per heavy atom. The van der Waals surface area contributed by atoms with Gasteiger partial charge in [0.15, 0.2) is 0 Å². The molecule has 0 aliphatic heterocycles. The highest BCUT2D eigenvalue weighted by Gasteiger charge is 2.36. The number of carbonyl (C=O) groups is 2. The number of hydrogen-bond donors (Lipinski definition) is 1. The lowest BCUT2D eigenvalue weighted by atomic mass is 10.0. The minimum Gasteiger partial charge on any atom is -0.495 e. The van der Waals surface area contributed by atoms with Crippen molar-refractivity contribution in [2.75, 3.05) is 18.0 Å². The molecule has 0 bridgehead atoms. The molecule has 0 aromatic heterocycles. The highest BCUT2D eigenvalue weighted by molar-refractivity contribution is 7.92. The lowest BCUT2D eigenvalue weighted by Crippen LogP contribution is -2.56. The van der Waals surface area contributed by atoms with E-state index in [0.29, 0.717) is 5.56 Å². The Balaban J connectivity index is 1.86. The van der Waals surface area contributed by atoms with Gasteiger partial charge in [0, 0.05) is 18.5 Å². The van der Waals surface area contributed by atoms with Crippen LogP contribution in [0, 0.1) is 19.7 Å². The van der Waals surface area contributed by atoms with Crippen LogP contribution in [0.2, 0.25) is 0 Å². The Bertz CT molecular complexity index is 1790. The topological polar surface area (TPSA) is 96.0 Å². The van der Waals surface area contributed by atoms with Gasteiger partial charge in [0.05, 0.1) is 17.7 Å². The van der Waals surface area contributed by atoms with Crippen molar-refractivity contribution in [1.82, 2.24) is 10.2 Å². The van der Waals surface area contributed by atoms with Crippen molar-refractivity contribution in [3.05, 3.63) is 125 Å². The summed E-state index contributed by atoms with van der Waals surface area (Å²) in [5, 5.41) is 3.00. The average molecular weight is 660 g/mol. The first-order valence-corrected chi connectivity index (χ1v) is 16.8. The third-order valence-corrected chi connectivity index (χ3v) is 9.30. The van der Waals surface area contributed by atoms with E-state index in [0.717, 1.165) is 21.0 Å². The van der Waals surface area contributed by atoms with E-state index < -0.39 is 45.8 Å². The van der Waals surface area contributed by atoms with Gasteiger partial charge in [-0.3, -0.25) is 13.9 Å². The van der Waals surface area contributed by atoms with Crippen LogP contribution in [0.15, 0.2) is 102 Å². The summed E-state index contributed by atoms with van der Waals surface area (Å²) in [5.41, 5.74) is 2.57. The predicted molar refractivity (Wildman–Crippen MR) is 182 cm³/mol. The van der Waals surface area contributed by atoms with E-state index in [1.165, 1.54) is 36.3 Å². The van der Waals surface area contributed by atoms with E-state index in [4.69, 9.17) is 4.74 Å². The molecule has 0 unspecified atom stereocenters. The number of sulfonamides is 1. The standard InChI is InChI=1S/C37H42FN3O5S/c1-26-12-19-31(20-13-26)47(44,45)41(32-22-27(2)14-21-34(32)46-6)25-35(42)40(24-29-15-17-30(38)18-16-29)33(36(43)39-37(3,4)5)23-28-10-8-7-9-11-28/h7-22,33H,23-25H2,1-6H3,(H,39,43)/t33-/m1/s1. The number of nitrogens with one attached hydrogen (secondary N) is 1. The van der Waals surface area contributed by atoms with E-state index in [2.05, 4.69) is 5.32 Å². The number of rotatable bonds is 12. The van der Waals surface area contributed by atoms with Crippen LogP contribution in [0.25, 0.3) is 0 Å². The zero-order valence-electron chi connectivity index (χ0n) is 27.7. The van der Waals surface area contributed by atoms with E-state index >= 15 is 0 Å². The van der Waals surface area contributed by atoms with Gasteiger partial charge in [-0.2, -0.15) is 0 Å². The summed E-state index contributed by atoms with van der Waals surface area (Å²) in [6, 6.07) is 25.4. The molecule has 4 aromatic rings. The van der Waals surface area contributed by atoms with Crippen LogP contribution >= 0.6 is 0 Å². The molecule has 4 aromatic carbocycles. The molecule has 0 heterocycles. The molecule has 4 rings (SSSR count). The molecular formula is C37H42FN3O5S. The molecule has 1 N–H and O–H groups in total. The molecule has 2 amide bonds. The first-order valence-electron chi connectivity index (χ1n) is 15.3. The van der Waals surface area contributed by atoms with Crippen LogP contribution < -0.4 is 14.4 Å². The van der Waals surface area contributed by atoms with E-state index in [1.807, 2.05) is 65.0 Å². The molecule has 1 atom stereocenters. The van der Waals surface area contributed by atoms with Crippen molar-refractivity contribution in [2.45, 2.75) is 64.1 Å². The zero-order valence-corrected chi connectivity index (χ0v) is 28.5. The zero-order chi connectivity index (χ0) is 34.4. The van der Waals surface area contributed by atoms with Crippen molar-refractivity contribution in [1.29, 1.82) is 0 Å². The fraction of sp³-hybridized carbons (Fsp3) is 0.297. The number of benzene rings is 4. The Labute approximate surface area is 277 Å². The molecule has 0 fully saturated rings. The molecule has 8 nitrogen and oxygen atoms in total. The highest BCUT2D eigenvalue weighted by Crippen LogP contribution is 2.34. The minimum absolute atomic E-state index is 0.00384. The van der Waals surface area contributed by atoms with Crippen molar-refractivity contribution < 1.29 is 27.1 Å². The maximum atomic E-state index is 14.6. The molecular weight excluding hydrogens is 617 g/mol. The summed E-state index contributed by atoms with van der Waals surface area (Å²) < 4.78 is 49.2. The fourth-order valence-corrected chi connectivity index (χ4v) is 6.56. The second-order valence-electron chi connectivity index (χ2n) is 12.6. The second kappa shape index (κ2) is 14.8. The van der Waals surface area contributed by atoms with Crippen molar-refractivity contribution in [2.24, 2.45) is 0 Å². The van der Waals surface area contributed by atoms with E-state index in [9.17, 15) is 22.4 Å². The Morgan fingerprint density at radius 1 is 0.851 bits per heavy atom. The van der Waals surface area contributed by atoms with Gasteiger partial charge < -0.3 is 15.0 Å². The van der Waals surface area contributed by atoms with Crippen LogP contribution in [-0.2, 0) is 32.6 Å². The average Bonchev–Trinajstić information content (AvgIpc) is 3.02. The molecule has 0 radical (unpaired) electrons. The lowest BCUT2D eigenvalue weighted by molar-refractivity contribution is -0.140. The van der Waals surface area contributed by atoms with Gasteiger partial charge in [-0.25, -0.2) is 12.8 Å². The number of nitrogens with zero attached hydrogens (tertiary/aromatic N) is 2. The molecule has 47 heavy (non-hydrogen) atoms. The summed E-state index contributed by atoms with van der Waals surface area (Å²) in [5.74, 6) is -1.22. The number of carbonyl (C=O) groups excluding carboxylic acids is 2. The Hall–Kier alpha value is -4.70. The van der Waals surface area contributed by atoms with Gasteiger partial charge in [0.25, 0.3) is 10.0 Å². The van der Waals surface area contributed by atoms with Gasteiger partial charge in [-0.1, -0.05) is 66.2 Å². The Morgan fingerprint density at radius 2 is 1.47 bits per heavy atom. The van der Waals surface area contributed by atoms with Crippen molar-refractivity contribution in [3.63, 3.8) is 0 Å². The van der Waals surface area contributed by atoms with Crippen LogP contribution in [0.1, 0.15) is 43.0 Å². The summed E-state index contributed by atoms with van der Waals surface area (Å²) in [6.45, 7) is 8.49. The Kier molecular flexibility index (Phi) is 11.1. The van der Waals surface area contributed by atoms with Crippen LogP contribution in [-0.4, -0.2) is 50.4 Å². The molecule has 10 heteroatoms. The number of ether oxygens (including phenoxy) is 1. The van der Waals surface area contributed by atoms with Crippen molar-refractivity contribution >= 4 is 27.5 Å². The predicted octanol–water partition coefficient (Wildman–Crippen LogP) is 6.20. The number of hydrogen-bond acceptors (Lipinski definition) is 5. The number of halogens is 1. The van der Waals surface area contributed by atoms with Crippen molar-refractivity contribution in [3.8, 4) is 5.75 Å². The largest absolute Gasteiger partial charge is 0.495 e. The smallest absolute Gasteiger partial charge is 0.264 e. The number of aryl methyl sites for hydroxylation is 2. The van der Waals surface area contributed by atoms with E-state index in [-0.39, 0.29) is 29.3 Å². The van der Waals surface area contributed by atoms with Crippen LogP contribution in [0.5, 0.6) is 5.75 Å². The number of anilines is 1. The summed E-state index contributed by atoms with van der Waals surface area (Å²) >= 11 is 0. The third-order valence-electron chi connectivity index (χ3n) is 7.53. The van der Waals surface area contributed by atoms with Gasteiger partial charge >= 0.3 is 0 Å². The number of methoxy groups -OCH3 is 1. The molecule has 0 aliphatic carbocycles. The van der Waals surface area contributed by atoms with Gasteiger partial charge in [0.1, 0.15) is 24.2 Å². The van der Waals surface area contributed by atoms with Gasteiger partial charge in [0.2, 0.25) is 11.8 Å². The fourth-order valence-electron chi connectivity index (χ4n) is 5.14. The lowest BCUT2D eigenvalue weighted by Gasteiger charge is -2.35. The summed E-state index contributed by atoms with van der Waals surface area (Å²) in [6.07, 6.45) is 0.161. The molecule has 0 spiro atoms. The minimum atomic E-state index is -4.31. The first-order chi connectivity index (χ1) is 22.2. The highest BCUT2D eigenvalue weighted by atomic mass is 32.2. The SMILES string of the molecule is COc1ccc(C)cc1N(CC(=O)N(Cc1ccc(F)cc1)[C@H](Cc1ccccc1)C(=O)NC(C)(C)C)S(=O)(=O)c1ccc(C)cc1. The summed E-state index contributed by atoms with van der Waals surface area (Å²) in [4.78, 5) is 30.0. The molecule has 0 saturated carbocycles. The number of amides is 2. The molecule has 248 valence electrons. The van der Waals surface area contributed by atoms with Gasteiger partial charge in [-0.05, 0) is 87.7 Å². The normalized spacial score (nSPS) is 12.2. The monoisotopic (exact) mass is 659 g/mol. The maximum Gasteiger partial charge on any atom is 0.264 e. The molecule has 0 aliphatic rings. The maximum absolute atomic E-state index is 14.6. The van der Waals surface area contributed by atoms with E-state index in [1.54, 1.807) is 42.5 Å². The van der Waals surface area contributed by atoms with Crippen LogP contribution in [0.3, 0.4) is 0 Å². The quantitative estimate of drug-likeness (QED) is 0.195. The molecule has 0 saturated heterocycles.